The highest BCUT2D eigenvalue weighted by atomic mass is 16.5. The number of methoxy groups -OCH3 is 1. The zero-order chi connectivity index (χ0) is 18.7. The highest BCUT2D eigenvalue weighted by Crippen LogP contribution is 2.24. The minimum atomic E-state index is -0.241. The first-order valence-corrected chi connectivity index (χ1v) is 8.97. The molecule has 1 unspecified atom stereocenters. The number of hydrogen-bond acceptors (Lipinski definition) is 4. The second kappa shape index (κ2) is 7.60. The van der Waals surface area contributed by atoms with Gasteiger partial charge in [-0.25, -0.2) is 0 Å². The minimum Gasteiger partial charge on any atom is -0.383 e. The summed E-state index contributed by atoms with van der Waals surface area (Å²) in [5.74, 6) is -0.157. The van der Waals surface area contributed by atoms with Crippen molar-refractivity contribution in [1.29, 1.82) is 0 Å². The van der Waals surface area contributed by atoms with E-state index in [1.807, 2.05) is 32.0 Å². The Morgan fingerprint density at radius 1 is 1.35 bits per heavy atom. The molecule has 1 fully saturated rings. The van der Waals surface area contributed by atoms with E-state index in [1.165, 1.54) is 0 Å². The number of hydrogen-bond donors (Lipinski definition) is 1. The summed E-state index contributed by atoms with van der Waals surface area (Å²) in [6.45, 7) is 5.52. The minimum absolute atomic E-state index is 0.0596. The third-order valence-electron chi connectivity index (χ3n) is 4.81. The molecule has 0 spiro atoms. The van der Waals surface area contributed by atoms with Gasteiger partial charge in [0.25, 0.3) is 11.5 Å². The van der Waals surface area contributed by atoms with E-state index in [9.17, 15) is 9.59 Å². The molecule has 0 aliphatic carbocycles. The Labute approximate surface area is 153 Å². The average Bonchev–Trinajstić information content (AvgIpc) is 2.60. The summed E-state index contributed by atoms with van der Waals surface area (Å²) in [5.41, 5.74) is 0.164. The number of carbonyl (C=O) groups is 1. The van der Waals surface area contributed by atoms with Crippen molar-refractivity contribution in [2.24, 2.45) is 0 Å². The van der Waals surface area contributed by atoms with Gasteiger partial charge in [0.05, 0.1) is 17.8 Å². The van der Waals surface area contributed by atoms with Gasteiger partial charge in [0.15, 0.2) is 0 Å². The fourth-order valence-electron chi connectivity index (χ4n) is 3.50. The van der Waals surface area contributed by atoms with Crippen LogP contribution in [0.4, 0.5) is 0 Å². The summed E-state index contributed by atoms with van der Waals surface area (Å²) < 4.78 is 12.4. The molecule has 0 saturated carbocycles. The lowest BCUT2D eigenvalue weighted by Gasteiger charge is -2.35. The van der Waals surface area contributed by atoms with Crippen LogP contribution in [0.25, 0.3) is 10.8 Å². The maximum Gasteiger partial charge on any atom is 0.258 e. The first kappa shape index (κ1) is 18.6. The summed E-state index contributed by atoms with van der Waals surface area (Å²) in [6.07, 6.45) is 3.19. The normalized spacial score (nSPS) is 19.4. The topological polar surface area (TPSA) is 69.6 Å². The van der Waals surface area contributed by atoms with Crippen molar-refractivity contribution in [2.45, 2.75) is 44.9 Å². The highest BCUT2D eigenvalue weighted by molar-refractivity contribution is 6.06. The van der Waals surface area contributed by atoms with E-state index in [0.717, 1.165) is 12.8 Å². The number of rotatable bonds is 5. The van der Waals surface area contributed by atoms with Crippen LogP contribution in [0.1, 0.15) is 37.0 Å². The molecule has 1 aromatic carbocycles. The van der Waals surface area contributed by atoms with E-state index in [-0.39, 0.29) is 23.1 Å². The summed E-state index contributed by atoms with van der Waals surface area (Å²) in [5, 5.41) is 4.34. The Kier molecular flexibility index (Phi) is 5.44. The van der Waals surface area contributed by atoms with Crippen LogP contribution in [0, 0.1) is 0 Å². The van der Waals surface area contributed by atoms with E-state index < -0.39 is 0 Å². The van der Waals surface area contributed by atoms with Crippen molar-refractivity contribution in [3.8, 4) is 0 Å². The van der Waals surface area contributed by atoms with E-state index in [2.05, 4.69) is 5.32 Å². The molecule has 6 nitrogen and oxygen atoms in total. The molecule has 3 rings (SSSR count). The third-order valence-corrected chi connectivity index (χ3v) is 4.81. The first-order chi connectivity index (χ1) is 12.4. The van der Waals surface area contributed by atoms with Gasteiger partial charge in [0.2, 0.25) is 0 Å². The molecular weight excluding hydrogens is 332 g/mol. The molecule has 0 radical (unpaired) electrons. The molecule has 140 valence electrons. The average molecular weight is 358 g/mol. The van der Waals surface area contributed by atoms with E-state index in [1.54, 1.807) is 23.9 Å². The second-order valence-electron chi connectivity index (χ2n) is 7.35. The fraction of sp³-hybridized carbons (Fsp3) is 0.500. The van der Waals surface area contributed by atoms with Gasteiger partial charge in [0.1, 0.15) is 0 Å². The van der Waals surface area contributed by atoms with Crippen molar-refractivity contribution in [3.63, 3.8) is 0 Å². The Balaban J connectivity index is 1.94. The quantitative estimate of drug-likeness (QED) is 0.891. The van der Waals surface area contributed by atoms with Crippen molar-refractivity contribution in [1.82, 2.24) is 9.88 Å². The maximum atomic E-state index is 13.0. The molecule has 1 aliphatic rings. The van der Waals surface area contributed by atoms with Crippen LogP contribution in [0.3, 0.4) is 0 Å². The van der Waals surface area contributed by atoms with E-state index in [4.69, 9.17) is 9.47 Å². The Hall–Kier alpha value is -2.18. The van der Waals surface area contributed by atoms with Crippen LogP contribution in [0.5, 0.6) is 0 Å². The van der Waals surface area contributed by atoms with Crippen molar-refractivity contribution in [2.75, 3.05) is 20.3 Å². The molecule has 1 aliphatic heterocycles. The second-order valence-corrected chi connectivity index (χ2v) is 7.35. The lowest BCUT2D eigenvalue weighted by Crippen LogP contribution is -2.46. The molecule has 26 heavy (non-hydrogen) atoms. The number of nitrogens with zero attached hydrogens (tertiary/aromatic N) is 1. The number of pyridine rings is 1. The van der Waals surface area contributed by atoms with Gasteiger partial charge in [-0.2, -0.15) is 0 Å². The largest absolute Gasteiger partial charge is 0.383 e. The van der Waals surface area contributed by atoms with Gasteiger partial charge in [-0.3, -0.25) is 9.59 Å². The van der Waals surface area contributed by atoms with Gasteiger partial charge in [0, 0.05) is 43.3 Å². The molecule has 2 aromatic rings. The van der Waals surface area contributed by atoms with Gasteiger partial charge >= 0.3 is 0 Å². The zero-order valence-electron chi connectivity index (χ0n) is 15.6. The number of fused-ring (bicyclic) bond motifs is 1. The molecule has 1 aromatic heterocycles. The Morgan fingerprint density at radius 2 is 2.08 bits per heavy atom. The van der Waals surface area contributed by atoms with Crippen LogP contribution in [0.2, 0.25) is 0 Å². The van der Waals surface area contributed by atoms with Gasteiger partial charge in [-0.1, -0.05) is 18.2 Å². The Morgan fingerprint density at radius 3 is 2.77 bits per heavy atom. The third kappa shape index (κ3) is 3.97. The lowest BCUT2D eigenvalue weighted by atomic mass is 9.93. The number of aromatic nitrogens is 1. The maximum absolute atomic E-state index is 13.0. The molecular formula is C20H26N2O4. The molecule has 1 amide bonds. The molecule has 2 heterocycles. The highest BCUT2D eigenvalue weighted by Gasteiger charge is 2.30. The molecule has 6 heteroatoms. The van der Waals surface area contributed by atoms with Gasteiger partial charge in [-0.15, -0.1) is 0 Å². The number of ether oxygens (including phenoxy) is 2. The van der Waals surface area contributed by atoms with Crippen molar-refractivity contribution in [3.05, 3.63) is 46.4 Å². The summed E-state index contributed by atoms with van der Waals surface area (Å²) in [7, 11) is 1.59. The first-order valence-electron chi connectivity index (χ1n) is 8.97. The SMILES string of the molecule is COCCn1cc(C(=O)NC2CCOC(C)(C)C2)c2ccccc2c1=O. The number of nitrogens with one attached hydrogen (secondary N) is 1. The van der Waals surface area contributed by atoms with Crippen molar-refractivity contribution >= 4 is 16.7 Å². The smallest absolute Gasteiger partial charge is 0.258 e. The van der Waals surface area contributed by atoms with Crippen molar-refractivity contribution < 1.29 is 14.3 Å². The zero-order valence-corrected chi connectivity index (χ0v) is 15.6. The number of amides is 1. The van der Waals surface area contributed by atoms with Crippen LogP contribution < -0.4 is 10.9 Å². The van der Waals surface area contributed by atoms with E-state index >= 15 is 0 Å². The standard InChI is InChI=1S/C20H26N2O4/c1-20(2)12-14(8-10-26-20)21-18(23)17-13-22(9-11-25-3)19(24)16-7-5-4-6-15(16)17/h4-7,13-14H,8-12H2,1-3H3,(H,21,23). The summed E-state index contributed by atoms with van der Waals surface area (Å²) >= 11 is 0. The predicted octanol–water partition coefficient (Wildman–Crippen LogP) is 2.34. The van der Waals surface area contributed by atoms with Gasteiger partial charge < -0.3 is 19.4 Å². The molecule has 1 saturated heterocycles. The van der Waals surface area contributed by atoms with Crippen LogP contribution in [-0.2, 0) is 16.0 Å². The lowest BCUT2D eigenvalue weighted by molar-refractivity contribution is -0.0615. The summed E-state index contributed by atoms with van der Waals surface area (Å²) in [6, 6.07) is 7.29. The Bertz CT molecular complexity index is 857. The molecule has 1 atom stereocenters. The van der Waals surface area contributed by atoms with E-state index in [0.29, 0.717) is 36.1 Å². The monoisotopic (exact) mass is 358 g/mol. The summed E-state index contributed by atoms with van der Waals surface area (Å²) in [4.78, 5) is 25.6. The molecule has 1 N–H and O–H groups in total. The molecule has 0 bridgehead atoms. The van der Waals surface area contributed by atoms with Crippen LogP contribution in [-0.4, -0.2) is 42.4 Å². The van der Waals surface area contributed by atoms with Crippen LogP contribution in [0.15, 0.2) is 35.3 Å². The number of carbonyl (C=O) groups excluding carboxylic acids is 1. The fourth-order valence-corrected chi connectivity index (χ4v) is 3.50. The predicted molar refractivity (Wildman–Crippen MR) is 101 cm³/mol. The number of benzene rings is 1. The van der Waals surface area contributed by atoms with Crippen LogP contribution >= 0.6 is 0 Å². The van der Waals surface area contributed by atoms with Gasteiger partial charge in [-0.05, 0) is 32.8 Å².